The monoisotopic (exact) mass is 410 g/mol. The molecule has 0 N–H and O–H groups in total. The highest BCUT2D eigenvalue weighted by Gasteiger charge is 2.46. The van der Waals surface area contributed by atoms with E-state index in [1.54, 1.807) is 0 Å². The van der Waals surface area contributed by atoms with E-state index in [-0.39, 0.29) is 24.8 Å². The summed E-state index contributed by atoms with van der Waals surface area (Å²) in [5, 5.41) is 0. The molecule has 3 atom stereocenters. The molecule has 0 aliphatic carbocycles. The molecular weight excluding hydrogens is 379 g/mol. The summed E-state index contributed by atoms with van der Waals surface area (Å²) in [6.45, 7) is 10.4. The number of fused-ring (bicyclic) bond motifs is 1. The van der Waals surface area contributed by atoms with E-state index in [0.717, 1.165) is 24.2 Å². The van der Waals surface area contributed by atoms with E-state index >= 15 is 0 Å². The van der Waals surface area contributed by atoms with Crippen molar-refractivity contribution in [3.63, 3.8) is 0 Å². The fraction of sp³-hybridized carbons (Fsp3) is 0.571. The van der Waals surface area contributed by atoms with Crippen LogP contribution in [-0.4, -0.2) is 52.6 Å². The van der Waals surface area contributed by atoms with Crippen LogP contribution in [0, 0.1) is 25.7 Å². The molecule has 2 fully saturated rings. The topological polar surface area (TPSA) is 24.3 Å². The van der Waals surface area contributed by atoms with Crippen LogP contribution in [0.25, 0.3) is 0 Å². The van der Waals surface area contributed by atoms with E-state index in [9.17, 15) is 0 Å². The zero-order valence-corrected chi connectivity index (χ0v) is 18.2. The maximum Gasteiger partial charge on any atom is 0.105 e. The highest BCUT2D eigenvalue weighted by molar-refractivity contribution is 5.85. The van der Waals surface area contributed by atoms with Crippen LogP contribution in [0.3, 0.4) is 0 Å². The van der Waals surface area contributed by atoms with Gasteiger partial charge in [0.25, 0.3) is 0 Å². The summed E-state index contributed by atoms with van der Waals surface area (Å²) in [4.78, 5) is 9.60. The average molecular weight is 411 g/mol. The first-order valence-corrected chi connectivity index (χ1v) is 9.59. The molecule has 1 aromatic carbocycles. The summed E-state index contributed by atoms with van der Waals surface area (Å²) in [6.07, 6.45) is 5.21. The lowest BCUT2D eigenvalue weighted by Gasteiger charge is -2.28. The number of aryl methyl sites for hydroxylation is 3. The Labute approximate surface area is 175 Å². The molecule has 1 aromatic heterocycles. The van der Waals surface area contributed by atoms with Crippen molar-refractivity contribution in [2.45, 2.75) is 32.9 Å². The van der Waals surface area contributed by atoms with Crippen LogP contribution in [-0.2, 0) is 6.54 Å². The lowest BCUT2D eigenvalue weighted by molar-refractivity contribution is 0.225. The molecule has 2 aliphatic heterocycles. The minimum absolute atomic E-state index is 0. The number of hydrogen-bond acceptors (Lipinski definition) is 3. The number of rotatable bonds is 5. The quantitative estimate of drug-likeness (QED) is 0.744. The number of aromatic nitrogens is 2. The molecule has 2 aliphatic rings. The third kappa shape index (κ3) is 4.51. The fourth-order valence-electron chi connectivity index (χ4n) is 5.02. The summed E-state index contributed by atoms with van der Waals surface area (Å²) >= 11 is 0. The van der Waals surface area contributed by atoms with E-state index < -0.39 is 0 Å². The molecule has 0 spiro atoms. The van der Waals surface area contributed by atoms with Gasteiger partial charge in [0, 0.05) is 44.6 Å². The van der Waals surface area contributed by atoms with Gasteiger partial charge in [-0.05, 0) is 56.8 Å². The van der Waals surface area contributed by atoms with Crippen LogP contribution in [0.2, 0.25) is 0 Å². The Hall–Kier alpha value is -1.07. The molecule has 3 heterocycles. The van der Waals surface area contributed by atoms with Crippen molar-refractivity contribution in [1.29, 1.82) is 0 Å². The summed E-state index contributed by atoms with van der Waals surface area (Å²) in [7, 11) is 2.31. The highest BCUT2D eigenvalue weighted by atomic mass is 35.5. The van der Waals surface area contributed by atoms with Crippen molar-refractivity contribution < 1.29 is 0 Å². The maximum absolute atomic E-state index is 4.32. The number of hydrogen-bond donors (Lipinski definition) is 0. The summed E-state index contributed by atoms with van der Waals surface area (Å²) in [6, 6.07) is 9.54. The molecule has 6 heteroatoms. The molecule has 2 aromatic rings. The number of halogens is 2. The molecule has 4 rings (SSSR count). The summed E-state index contributed by atoms with van der Waals surface area (Å²) in [5.74, 6) is 2.73. The van der Waals surface area contributed by atoms with Gasteiger partial charge in [-0.1, -0.05) is 24.3 Å². The first kappa shape index (κ1) is 22.2. The van der Waals surface area contributed by atoms with E-state index in [2.05, 4.69) is 70.7 Å². The molecule has 4 nitrogen and oxygen atoms in total. The van der Waals surface area contributed by atoms with Gasteiger partial charge in [-0.3, -0.25) is 4.90 Å². The Morgan fingerprint density at radius 1 is 1.04 bits per heavy atom. The third-order valence-electron chi connectivity index (χ3n) is 6.27. The Morgan fingerprint density at radius 2 is 1.81 bits per heavy atom. The van der Waals surface area contributed by atoms with Crippen LogP contribution < -0.4 is 0 Å². The van der Waals surface area contributed by atoms with E-state index in [4.69, 9.17) is 0 Å². The van der Waals surface area contributed by atoms with Gasteiger partial charge < -0.3 is 9.47 Å². The van der Waals surface area contributed by atoms with Crippen LogP contribution in [0.5, 0.6) is 0 Å². The number of nitrogens with zero attached hydrogens (tertiary/aromatic N) is 4. The summed E-state index contributed by atoms with van der Waals surface area (Å²) < 4.78 is 2.26. The van der Waals surface area contributed by atoms with Crippen molar-refractivity contribution in [3.05, 3.63) is 53.6 Å². The lowest BCUT2D eigenvalue weighted by atomic mass is 9.88. The molecule has 2 saturated heterocycles. The molecule has 0 saturated carbocycles. The van der Waals surface area contributed by atoms with Crippen molar-refractivity contribution in [2.24, 2.45) is 11.8 Å². The molecule has 150 valence electrons. The fourth-order valence-corrected chi connectivity index (χ4v) is 5.02. The predicted octanol–water partition coefficient (Wildman–Crippen LogP) is 3.97. The third-order valence-corrected chi connectivity index (χ3v) is 6.27. The molecular formula is C21H32Cl2N4. The number of benzene rings is 1. The highest BCUT2D eigenvalue weighted by Crippen LogP contribution is 2.44. The van der Waals surface area contributed by atoms with Crippen molar-refractivity contribution >= 4 is 24.8 Å². The standard InChI is InChI=1S/C21H30N4.2ClH/c1-16-7-4-5-8-19(16)21-20-15-24(14-18(20)13-23(21)3)10-6-11-25-12-9-22-17(25)2;;/h4-5,7-9,12,18,20-21H,6,10-11,13-15H2,1-3H3;2*1H/t18-,20+,21-;;/m0../s1. The van der Waals surface area contributed by atoms with E-state index in [1.165, 1.54) is 43.7 Å². The Kier molecular flexibility index (Phi) is 7.75. The minimum atomic E-state index is 0. The lowest BCUT2D eigenvalue weighted by Crippen LogP contribution is -2.30. The predicted molar refractivity (Wildman–Crippen MR) is 116 cm³/mol. The van der Waals surface area contributed by atoms with E-state index in [1.807, 2.05) is 6.20 Å². The van der Waals surface area contributed by atoms with Gasteiger partial charge in [0.1, 0.15) is 5.82 Å². The van der Waals surface area contributed by atoms with E-state index in [0.29, 0.717) is 6.04 Å². The second-order valence-electron chi connectivity index (χ2n) is 7.95. The van der Waals surface area contributed by atoms with Gasteiger partial charge in [-0.25, -0.2) is 4.98 Å². The van der Waals surface area contributed by atoms with Gasteiger partial charge in [-0.15, -0.1) is 24.8 Å². The van der Waals surface area contributed by atoms with Crippen molar-refractivity contribution in [3.8, 4) is 0 Å². The SMILES string of the molecule is Cc1ccccc1[C@H]1[C@@H]2CN(CCCn3ccnc3C)C[C@@H]2CN1C.Cl.Cl. The number of imidazole rings is 1. The molecule has 0 bridgehead atoms. The van der Waals surface area contributed by atoms with Gasteiger partial charge in [0.2, 0.25) is 0 Å². The second-order valence-corrected chi connectivity index (χ2v) is 7.95. The molecule has 0 radical (unpaired) electrons. The van der Waals surface area contributed by atoms with Gasteiger partial charge in [0.15, 0.2) is 0 Å². The van der Waals surface area contributed by atoms with Gasteiger partial charge in [0.05, 0.1) is 0 Å². The van der Waals surface area contributed by atoms with Crippen LogP contribution in [0.4, 0.5) is 0 Å². The van der Waals surface area contributed by atoms with Crippen LogP contribution in [0.1, 0.15) is 29.4 Å². The molecule has 0 amide bonds. The summed E-state index contributed by atoms with van der Waals surface area (Å²) in [5.41, 5.74) is 2.97. The second kappa shape index (κ2) is 9.42. The largest absolute Gasteiger partial charge is 0.335 e. The Bertz CT molecular complexity index is 732. The number of likely N-dealkylation sites (tertiary alicyclic amines) is 2. The van der Waals surface area contributed by atoms with Gasteiger partial charge >= 0.3 is 0 Å². The first-order valence-electron chi connectivity index (χ1n) is 9.59. The van der Waals surface area contributed by atoms with Crippen LogP contribution >= 0.6 is 24.8 Å². The molecule has 0 unspecified atom stereocenters. The Morgan fingerprint density at radius 3 is 2.52 bits per heavy atom. The minimum Gasteiger partial charge on any atom is -0.335 e. The normalized spacial score (nSPS) is 25.1. The Balaban J connectivity index is 0.00000131. The first-order chi connectivity index (χ1) is 12.1. The smallest absolute Gasteiger partial charge is 0.105 e. The van der Waals surface area contributed by atoms with Crippen molar-refractivity contribution in [2.75, 3.05) is 33.2 Å². The zero-order chi connectivity index (χ0) is 17.4. The molecule has 27 heavy (non-hydrogen) atoms. The van der Waals surface area contributed by atoms with Gasteiger partial charge in [-0.2, -0.15) is 0 Å². The maximum atomic E-state index is 4.32. The van der Waals surface area contributed by atoms with Crippen LogP contribution in [0.15, 0.2) is 36.7 Å². The zero-order valence-electron chi connectivity index (χ0n) is 16.5. The average Bonchev–Trinajstić information content (AvgIpc) is 3.24. The van der Waals surface area contributed by atoms with Crippen molar-refractivity contribution in [1.82, 2.24) is 19.4 Å².